The first-order valence-electron chi connectivity index (χ1n) is 10.0. The van der Waals surface area contributed by atoms with Gasteiger partial charge in [0.15, 0.2) is 11.3 Å². The Hall–Kier alpha value is -3.34. The molecule has 4 rings (SSSR count). The highest BCUT2D eigenvalue weighted by Crippen LogP contribution is 2.42. The minimum Gasteiger partial charge on any atom is -0.404 e. The first-order valence-corrected chi connectivity index (χ1v) is 11.6. The molecule has 0 aliphatic carbocycles. The van der Waals surface area contributed by atoms with Crippen LogP contribution >= 0.6 is 7.82 Å². The third-order valence-corrected chi connectivity index (χ3v) is 5.56. The molecule has 0 aliphatic rings. The molecule has 184 valence electrons. The molecule has 0 radical (unpaired) electrons. The lowest BCUT2D eigenvalue weighted by Crippen LogP contribution is -2.08. The number of imidazole rings is 1. The zero-order chi connectivity index (χ0) is 25.7. The van der Waals surface area contributed by atoms with Gasteiger partial charge < -0.3 is 4.52 Å². The Bertz CT molecular complexity index is 1480. The van der Waals surface area contributed by atoms with Crippen molar-refractivity contribution in [2.24, 2.45) is 0 Å². The summed E-state index contributed by atoms with van der Waals surface area (Å²) in [5.41, 5.74) is -1.80. The number of halogens is 5. The fourth-order valence-electron chi connectivity index (χ4n) is 3.59. The molecule has 7 nitrogen and oxygen atoms in total. The number of rotatable bonds is 5. The zero-order valence-electron chi connectivity index (χ0n) is 18.1. The molecule has 0 aliphatic heterocycles. The van der Waals surface area contributed by atoms with Crippen LogP contribution in [0.1, 0.15) is 31.0 Å². The second-order valence-corrected chi connectivity index (χ2v) is 9.09. The van der Waals surface area contributed by atoms with Gasteiger partial charge in [-0.2, -0.15) is 13.2 Å². The minimum atomic E-state index is -5.01. The summed E-state index contributed by atoms with van der Waals surface area (Å²) in [5.74, 6) is -2.41. The van der Waals surface area contributed by atoms with Gasteiger partial charge in [0, 0.05) is 23.4 Å². The lowest BCUT2D eigenvalue weighted by atomic mass is 9.99. The molecule has 2 heterocycles. The van der Waals surface area contributed by atoms with E-state index in [9.17, 15) is 26.5 Å². The molecular weight excluding hydrogens is 496 g/mol. The SMILES string of the molecule is CC(C)c1cc(-c2cn3c(-c4ccc(OP(=O)(O)O)cc4F)c(C(F)(F)F)nc3cn2)ccc1F. The van der Waals surface area contributed by atoms with Gasteiger partial charge in [0.05, 0.1) is 17.6 Å². The molecule has 0 spiro atoms. The average Bonchev–Trinajstić information content (AvgIpc) is 3.12. The number of aromatic nitrogens is 3. The smallest absolute Gasteiger partial charge is 0.404 e. The van der Waals surface area contributed by atoms with Crippen LogP contribution < -0.4 is 4.52 Å². The number of hydrogen-bond acceptors (Lipinski definition) is 4. The molecule has 2 aromatic heterocycles. The van der Waals surface area contributed by atoms with Gasteiger partial charge in [0.25, 0.3) is 0 Å². The first-order chi connectivity index (χ1) is 16.2. The lowest BCUT2D eigenvalue weighted by Gasteiger charge is -2.12. The average molecular weight is 513 g/mol. The maximum Gasteiger partial charge on any atom is 0.524 e. The molecule has 2 aromatic carbocycles. The van der Waals surface area contributed by atoms with E-state index in [1.807, 2.05) is 0 Å². The maximum atomic E-state index is 14.9. The van der Waals surface area contributed by atoms with Crippen LogP contribution in [0, 0.1) is 11.6 Å². The number of phosphoric acid groups is 1. The Morgan fingerprint density at radius 2 is 1.77 bits per heavy atom. The van der Waals surface area contributed by atoms with Gasteiger partial charge in [-0.25, -0.2) is 18.3 Å². The van der Waals surface area contributed by atoms with Crippen molar-refractivity contribution in [3.05, 3.63) is 71.7 Å². The Balaban J connectivity index is 1.93. The van der Waals surface area contributed by atoms with Crippen LogP contribution in [0.5, 0.6) is 5.75 Å². The van der Waals surface area contributed by atoms with E-state index in [1.165, 1.54) is 24.4 Å². The van der Waals surface area contributed by atoms with Gasteiger partial charge in [-0.05, 0) is 41.8 Å². The molecule has 0 bridgehead atoms. The summed E-state index contributed by atoms with van der Waals surface area (Å²) in [4.78, 5) is 25.5. The van der Waals surface area contributed by atoms with Gasteiger partial charge in [-0.15, -0.1) is 0 Å². The minimum absolute atomic E-state index is 0.165. The highest BCUT2D eigenvalue weighted by Gasteiger charge is 2.39. The highest BCUT2D eigenvalue weighted by molar-refractivity contribution is 7.46. The number of nitrogens with zero attached hydrogens (tertiary/aromatic N) is 3. The Labute approximate surface area is 195 Å². The molecule has 2 N–H and O–H groups in total. The van der Waals surface area contributed by atoms with E-state index >= 15 is 0 Å². The molecule has 0 saturated carbocycles. The van der Waals surface area contributed by atoms with Crippen molar-refractivity contribution >= 4 is 13.5 Å². The third-order valence-electron chi connectivity index (χ3n) is 5.11. The van der Waals surface area contributed by atoms with Crippen molar-refractivity contribution in [3.8, 4) is 28.3 Å². The van der Waals surface area contributed by atoms with Gasteiger partial charge in [0.1, 0.15) is 17.4 Å². The Morgan fingerprint density at radius 1 is 1.06 bits per heavy atom. The van der Waals surface area contributed by atoms with Crippen molar-refractivity contribution < 1.29 is 40.8 Å². The number of hydrogen-bond donors (Lipinski definition) is 2. The zero-order valence-corrected chi connectivity index (χ0v) is 19.0. The maximum absolute atomic E-state index is 14.9. The van der Waals surface area contributed by atoms with E-state index < -0.39 is 48.3 Å². The van der Waals surface area contributed by atoms with Crippen molar-refractivity contribution in [1.82, 2.24) is 14.4 Å². The van der Waals surface area contributed by atoms with Crippen molar-refractivity contribution in [1.29, 1.82) is 0 Å². The molecule has 0 saturated heterocycles. The normalized spacial score (nSPS) is 12.5. The molecule has 0 unspecified atom stereocenters. The monoisotopic (exact) mass is 513 g/mol. The van der Waals surface area contributed by atoms with E-state index in [2.05, 4.69) is 14.5 Å². The number of benzene rings is 2. The van der Waals surface area contributed by atoms with Crippen LogP contribution in [0.3, 0.4) is 0 Å². The van der Waals surface area contributed by atoms with Crippen LogP contribution in [0.2, 0.25) is 0 Å². The topological polar surface area (TPSA) is 97.0 Å². The van der Waals surface area contributed by atoms with Crippen LogP contribution in [0.25, 0.3) is 28.2 Å². The number of fused-ring (bicyclic) bond motifs is 1. The van der Waals surface area contributed by atoms with E-state index in [0.717, 1.165) is 22.7 Å². The summed E-state index contributed by atoms with van der Waals surface area (Å²) >= 11 is 0. The van der Waals surface area contributed by atoms with E-state index in [4.69, 9.17) is 9.79 Å². The molecule has 0 atom stereocenters. The standard InChI is InChI=1S/C22H17F5N3O4P/c1-11(2)15-7-12(3-6-16(15)23)18-10-30-19(9-28-18)29-21(22(25,26)27)20(30)14-5-4-13(8-17(14)24)34-35(31,32)33/h3-11H,1-2H3,(H2,31,32,33). The summed E-state index contributed by atoms with van der Waals surface area (Å²) in [6.07, 6.45) is -2.66. The van der Waals surface area contributed by atoms with Gasteiger partial charge >= 0.3 is 14.0 Å². The number of alkyl halides is 3. The van der Waals surface area contributed by atoms with E-state index in [-0.39, 0.29) is 17.3 Å². The fourth-order valence-corrected chi connectivity index (χ4v) is 3.97. The third kappa shape index (κ3) is 5.04. The molecule has 0 fully saturated rings. The molecule has 13 heteroatoms. The van der Waals surface area contributed by atoms with Crippen LogP contribution in [-0.4, -0.2) is 24.2 Å². The van der Waals surface area contributed by atoms with Gasteiger partial charge in [-0.3, -0.25) is 19.2 Å². The van der Waals surface area contributed by atoms with Crippen molar-refractivity contribution in [2.75, 3.05) is 0 Å². The molecular formula is C22H17F5N3O4P. The molecule has 35 heavy (non-hydrogen) atoms. The largest absolute Gasteiger partial charge is 0.524 e. The van der Waals surface area contributed by atoms with Gasteiger partial charge in [-0.1, -0.05) is 13.8 Å². The predicted octanol–water partition coefficient (Wildman–Crippen LogP) is 5.96. The van der Waals surface area contributed by atoms with Crippen LogP contribution in [0.15, 0.2) is 48.8 Å². The summed E-state index contributed by atoms with van der Waals surface area (Å²) in [6, 6.07) is 6.56. The second-order valence-electron chi connectivity index (χ2n) is 7.92. The predicted molar refractivity (Wildman–Crippen MR) is 116 cm³/mol. The lowest BCUT2D eigenvalue weighted by molar-refractivity contribution is -0.140. The van der Waals surface area contributed by atoms with E-state index in [0.29, 0.717) is 17.2 Å². The van der Waals surface area contributed by atoms with Crippen LogP contribution in [-0.2, 0) is 10.7 Å². The molecule has 0 amide bonds. The second kappa shape index (κ2) is 8.71. The van der Waals surface area contributed by atoms with Crippen molar-refractivity contribution in [3.63, 3.8) is 0 Å². The fraction of sp³-hybridized carbons (Fsp3) is 0.182. The summed E-state index contributed by atoms with van der Waals surface area (Å²) in [5, 5.41) is 0. The summed E-state index contributed by atoms with van der Waals surface area (Å²) in [6.45, 7) is 3.57. The Kier molecular flexibility index (Phi) is 6.16. The number of phosphoric ester groups is 1. The summed E-state index contributed by atoms with van der Waals surface area (Å²) < 4.78 is 86.8. The quantitative estimate of drug-likeness (QED) is 0.253. The highest BCUT2D eigenvalue weighted by atomic mass is 31.2. The summed E-state index contributed by atoms with van der Waals surface area (Å²) in [7, 11) is -5.01. The first kappa shape index (κ1) is 24.8. The van der Waals surface area contributed by atoms with Crippen LogP contribution in [0.4, 0.5) is 22.0 Å². The van der Waals surface area contributed by atoms with Gasteiger partial charge in [0.2, 0.25) is 0 Å². The Morgan fingerprint density at radius 3 is 2.37 bits per heavy atom. The molecule has 4 aromatic rings. The van der Waals surface area contributed by atoms with Crippen molar-refractivity contribution in [2.45, 2.75) is 25.9 Å². The van der Waals surface area contributed by atoms with E-state index in [1.54, 1.807) is 13.8 Å².